The maximum Gasteiger partial charge on any atom is 0.317 e. The molecule has 0 aliphatic heterocycles. The van der Waals surface area contributed by atoms with E-state index in [2.05, 4.69) is 0 Å². The maximum atomic E-state index is 10.1. The van der Waals surface area contributed by atoms with Crippen LogP contribution in [0.25, 0.3) is 0 Å². The number of aliphatic carboxylic acids is 1. The van der Waals surface area contributed by atoms with Crippen molar-refractivity contribution in [3.8, 4) is 0 Å². The van der Waals surface area contributed by atoms with E-state index in [4.69, 9.17) is 10.8 Å². The van der Waals surface area contributed by atoms with Gasteiger partial charge in [-0.2, -0.15) is 0 Å². The number of likely N-dealkylation sites (N-methyl/N-ethyl adjacent to an activating group) is 1. The number of hydrogen-bond donors (Lipinski definition) is 2. The smallest absolute Gasteiger partial charge is 0.317 e. The molecule has 0 unspecified atom stereocenters. The van der Waals surface area contributed by atoms with Gasteiger partial charge in [-0.1, -0.05) is 0 Å². The predicted octanol–water partition coefficient (Wildman–Crippen LogP) is -0.648. The first-order valence-electron chi connectivity index (χ1n) is 3.27. The van der Waals surface area contributed by atoms with Gasteiger partial charge in [-0.3, -0.25) is 9.69 Å². The molecule has 60 valence electrons. The van der Waals surface area contributed by atoms with Crippen LogP contribution < -0.4 is 5.73 Å². The summed E-state index contributed by atoms with van der Waals surface area (Å²) in [5.41, 5.74) is 5.23. The summed E-state index contributed by atoms with van der Waals surface area (Å²) in [4.78, 5) is 11.8. The highest BCUT2D eigenvalue weighted by molar-refractivity contribution is 5.68. The minimum Gasteiger partial charge on any atom is -0.480 e. The molecule has 0 heterocycles. The van der Waals surface area contributed by atoms with Crippen molar-refractivity contribution in [3.05, 3.63) is 0 Å². The van der Waals surface area contributed by atoms with Crippen LogP contribution in [0.5, 0.6) is 0 Å². The number of carboxylic acids is 1. The molecule has 0 saturated heterocycles. The molecule has 0 aromatic rings. The molecule has 3 N–H and O–H groups in total. The van der Waals surface area contributed by atoms with Gasteiger partial charge in [0.2, 0.25) is 0 Å². The lowest BCUT2D eigenvalue weighted by molar-refractivity contribution is -0.137. The third-order valence-corrected chi connectivity index (χ3v) is 1.15. The molecule has 0 aromatic heterocycles. The second-order valence-corrected chi connectivity index (χ2v) is 2.27. The standard InChI is InChI=1S/C6H14N2O2/c1-8(4-2-3-7)5-6(9)10/h2-5,7H2,1H3,(H,9,10). The Morgan fingerprint density at radius 3 is 2.70 bits per heavy atom. The third kappa shape index (κ3) is 5.53. The van der Waals surface area contributed by atoms with Gasteiger partial charge in [-0.05, 0) is 26.6 Å². The number of carboxylic acid groups (broad SMARTS) is 1. The largest absolute Gasteiger partial charge is 0.480 e. The molecule has 10 heavy (non-hydrogen) atoms. The lowest BCUT2D eigenvalue weighted by atomic mass is 10.4. The molecule has 0 saturated carbocycles. The van der Waals surface area contributed by atoms with Gasteiger partial charge >= 0.3 is 5.97 Å². The molecular formula is C6H14N2O2. The number of carbonyl (C=O) groups is 1. The Balaban J connectivity index is 3.25. The first kappa shape index (κ1) is 9.39. The molecular weight excluding hydrogens is 132 g/mol. The van der Waals surface area contributed by atoms with Crippen LogP contribution in [-0.4, -0.2) is 42.7 Å². The van der Waals surface area contributed by atoms with E-state index >= 15 is 0 Å². The van der Waals surface area contributed by atoms with Gasteiger partial charge in [-0.15, -0.1) is 0 Å². The minimum absolute atomic E-state index is 0.0972. The van der Waals surface area contributed by atoms with Crippen LogP contribution in [0.4, 0.5) is 0 Å². The van der Waals surface area contributed by atoms with E-state index in [9.17, 15) is 4.79 Å². The SMILES string of the molecule is CN(CCCN)CC(=O)O. The third-order valence-electron chi connectivity index (χ3n) is 1.15. The van der Waals surface area contributed by atoms with Crippen LogP contribution in [0.15, 0.2) is 0 Å². The molecule has 0 atom stereocenters. The summed E-state index contributed by atoms with van der Waals surface area (Å²) in [5, 5.41) is 8.31. The van der Waals surface area contributed by atoms with Crippen molar-refractivity contribution in [2.45, 2.75) is 6.42 Å². The molecule has 0 rings (SSSR count). The van der Waals surface area contributed by atoms with Crippen LogP contribution in [-0.2, 0) is 4.79 Å². The summed E-state index contributed by atoms with van der Waals surface area (Å²) in [5.74, 6) is -0.792. The Kier molecular flexibility index (Phi) is 4.88. The highest BCUT2D eigenvalue weighted by Gasteiger charge is 2.01. The van der Waals surface area contributed by atoms with E-state index in [-0.39, 0.29) is 6.54 Å². The Bertz CT molecular complexity index is 106. The summed E-state index contributed by atoms with van der Waals surface area (Å²) in [7, 11) is 1.77. The van der Waals surface area contributed by atoms with Crippen molar-refractivity contribution < 1.29 is 9.90 Å². The molecule has 0 aliphatic rings. The van der Waals surface area contributed by atoms with Crippen LogP contribution >= 0.6 is 0 Å². The second kappa shape index (κ2) is 5.20. The molecule has 0 fully saturated rings. The van der Waals surface area contributed by atoms with E-state index in [0.29, 0.717) is 6.54 Å². The Morgan fingerprint density at radius 1 is 1.70 bits per heavy atom. The van der Waals surface area contributed by atoms with Crippen molar-refractivity contribution >= 4 is 5.97 Å². The van der Waals surface area contributed by atoms with E-state index < -0.39 is 5.97 Å². The van der Waals surface area contributed by atoms with E-state index in [1.807, 2.05) is 0 Å². The van der Waals surface area contributed by atoms with Gasteiger partial charge in [0.25, 0.3) is 0 Å². The summed E-state index contributed by atoms with van der Waals surface area (Å²) in [6, 6.07) is 0. The fraction of sp³-hybridized carbons (Fsp3) is 0.833. The highest BCUT2D eigenvalue weighted by Crippen LogP contribution is 1.84. The number of hydrogen-bond acceptors (Lipinski definition) is 3. The average molecular weight is 146 g/mol. The summed E-state index contributed by atoms with van der Waals surface area (Å²) in [6.07, 6.45) is 0.851. The Hall–Kier alpha value is -0.610. The topological polar surface area (TPSA) is 66.6 Å². The van der Waals surface area contributed by atoms with Crippen LogP contribution in [0.1, 0.15) is 6.42 Å². The monoisotopic (exact) mass is 146 g/mol. The summed E-state index contributed by atoms with van der Waals surface area (Å²) in [6.45, 7) is 1.47. The normalized spacial score (nSPS) is 10.3. The van der Waals surface area contributed by atoms with Gasteiger partial charge in [0.15, 0.2) is 0 Å². The lowest BCUT2D eigenvalue weighted by Gasteiger charge is -2.11. The summed E-state index contributed by atoms with van der Waals surface area (Å²) >= 11 is 0. The molecule has 0 amide bonds. The molecule has 0 bridgehead atoms. The van der Waals surface area contributed by atoms with Gasteiger partial charge < -0.3 is 10.8 Å². The lowest BCUT2D eigenvalue weighted by Crippen LogP contribution is -2.27. The van der Waals surface area contributed by atoms with Crippen molar-refractivity contribution in [1.82, 2.24) is 4.90 Å². The van der Waals surface area contributed by atoms with Gasteiger partial charge in [-0.25, -0.2) is 0 Å². The second-order valence-electron chi connectivity index (χ2n) is 2.27. The van der Waals surface area contributed by atoms with Crippen molar-refractivity contribution in [1.29, 1.82) is 0 Å². The minimum atomic E-state index is -0.792. The van der Waals surface area contributed by atoms with E-state index in [0.717, 1.165) is 13.0 Å². The first-order chi connectivity index (χ1) is 4.66. The maximum absolute atomic E-state index is 10.1. The predicted molar refractivity (Wildman–Crippen MR) is 38.8 cm³/mol. The van der Waals surface area contributed by atoms with Crippen LogP contribution in [0.2, 0.25) is 0 Å². The van der Waals surface area contributed by atoms with Crippen LogP contribution in [0, 0.1) is 0 Å². The number of nitrogens with two attached hydrogens (primary N) is 1. The molecule has 0 aromatic carbocycles. The highest BCUT2D eigenvalue weighted by atomic mass is 16.4. The summed E-state index contributed by atoms with van der Waals surface area (Å²) < 4.78 is 0. The fourth-order valence-corrected chi connectivity index (χ4v) is 0.671. The Morgan fingerprint density at radius 2 is 2.30 bits per heavy atom. The van der Waals surface area contributed by atoms with Gasteiger partial charge in [0, 0.05) is 0 Å². The zero-order valence-electron chi connectivity index (χ0n) is 6.21. The molecule has 0 spiro atoms. The van der Waals surface area contributed by atoms with Gasteiger partial charge in [0.05, 0.1) is 6.54 Å². The zero-order valence-corrected chi connectivity index (χ0v) is 6.21. The van der Waals surface area contributed by atoms with Crippen molar-refractivity contribution in [2.75, 3.05) is 26.7 Å². The molecule has 0 radical (unpaired) electrons. The van der Waals surface area contributed by atoms with Gasteiger partial charge in [0.1, 0.15) is 0 Å². The van der Waals surface area contributed by atoms with Crippen LogP contribution in [0.3, 0.4) is 0 Å². The average Bonchev–Trinajstić information content (AvgIpc) is 1.82. The Labute approximate surface area is 60.6 Å². The molecule has 4 nitrogen and oxygen atoms in total. The van der Waals surface area contributed by atoms with E-state index in [1.54, 1.807) is 11.9 Å². The van der Waals surface area contributed by atoms with Crippen molar-refractivity contribution in [2.24, 2.45) is 5.73 Å². The number of nitrogens with zero attached hydrogens (tertiary/aromatic N) is 1. The van der Waals surface area contributed by atoms with Crippen molar-refractivity contribution in [3.63, 3.8) is 0 Å². The van der Waals surface area contributed by atoms with E-state index in [1.165, 1.54) is 0 Å². The molecule has 0 aliphatic carbocycles. The fourth-order valence-electron chi connectivity index (χ4n) is 0.671. The zero-order chi connectivity index (χ0) is 7.98. The molecule has 4 heteroatoms. The quantitative estimate of drug-likeness (QED) is 0.541. The number of rotatable bonds is 5. The first-order valence-corrected chi connectivity index (χ1v) is 3.27.